The number of nitrogens with zero attached hydrogens (tertiary/aromatic N) is 1. The second-order valence-electron chi connectivity index (χ2n) is 5.71. The summed E-state index contributed by atoms with van der Waals surface area (Å²) in [6.45, 7) is 1.65. The molecule has 110 valence electrons. The highest BCUT2D eigenvalue weighted by molar-refractivity contribution is 6.11. The maximum Gasteiger partial charge on any atom is 0.260 e. The number of Topliss-reactive ketones (excluding diaryl/α,β-unsaturated/α-hetero) is 1. The number of fused-ring (bicyclic) bond motifs is 1. The van der Waals surface area contributed by atoms with Crippen LogP contribution in [0, 0.1) is 5.92 Å². The number of hydrogen-bond donors (Lipinski definition) is 1. The van der Waals surface area contributed by atoms with Crippen molar-refractivity contribution in [2.24, 2.45) is 5.92 Å². The predicted molar refractivity (Wildman–Crippen MR) is 77.2 cm³/mol. The van der Waals surface area contributed by atoms with Crippen LogP contribution < -0.4 is 5.32 Å². The third-order valence-electron chi connectivity index (χ3n) is 4.31. The number of amides is 2. The van der Waals surface area contributed by atoms with Crippen molar-refractivity contribution >= 4 is 17.6 Å². The zero-order valence-electron chi connectivity index (χ0n) is 12.0. The Morgan fingerprint density at radius 2 is 2.14 bits per heavy atom. The van der Waals surface area contributed by atoms with Crippen LogP contribution in [0.1, 0.15) is 39.1 Å². The molecule has 21 heavy (non-hydrogen) atoms. The predicted octanol–water partition coefficient (Wildman–Crippen LogP) is 1.02. The molecule has 1 atom stereocenters. The maximum atomic E-state index is 12.5. The lowest BCUT2D eigenvalue weighted by Crippen LogP contribution is -2.39. The molecule has 1 fully saturated rings. The van der Waals surface area contributed by atoms with Crippen molar-refractivity contribution in [1.29, 1.82) is 0 Å². The smallest absolute Gasteiger partial charge is 0.260 e. The number of carbonyl (C=O) groups excluding carboxylic acids is 3. The summed E-state index contributed by atoms with van der Waals surface area (Å²) in [5, 5.41) is 3.23. The molecule has 1 N–H and O–H groups in total. The second-order valence-corrected chi connectivity index (χ2v) is 5.71. The van der Waals surface area contributed by atoms with Gasteiger partial charge in [-0.15, -0.1) is 0 Å². The van der Waals surface area contributed by atoms with Gasteiger partial charge >= 0.3 is 0 Å². The van der Waals surface area contributed by atoms with Gasteiger partial charge in [-0.2, -0.15) is 0 Å². The molecule has 1 aromatic carbocycles. The molecule has 2 heterocycles. The van der Waals surface area contributed by atoms with E-state index in [1.54, 1.807) is 18.2 Å². The van der Waals surface area contributed by atoms with E-state index in [0.717, 1.165) is 24.3 Å². The Labute approximate surface area is 123 Å². The lowest BCUT2D eigenvalue weighted by Gasteiger charge is -2.25. The number of carbonyl (C=O) groups is 3. The quantitative estimate of drug-likeness (QED) is 0.651. The molecule has 5 nitrogen and oxygen atoms in total. The van der Waals surface area contributed by atoms with Crippen LogP contribution in [0.5, 0.6) is 0 Å². The van der Waals surface area contributed by atoms with E-state index in [0.29, 0.717) is 23.2 Å². The minimum Gasteiger partial charge on any atom is -0.316 e. The standard InChI is InChI=1S/C16H18N2O3/c1-18-14(19)8-10-4-5-11(7-13(10)16(18)21)15(20)12-3-2-6-17-9-12/h4-5,7,12,17H,2-3,6,8-9H2,1H3. The Morgan fingerprint density at radius 3 is 2.86 bits per heavy atom. The van der Waals surface area contributed by atoms with E-state index in [2.05, 4.69) is 5.32 Å². The highest BCUT2D eigenvalue weighted by atomic mass is 16.2. The Morgan fingerprint density at radius 1 is 1.33 bits per heavy atom. The van der Waals surface area contributed by atoms with Crippen LogP contribution in [0.3, 0.4) is 0 Å². The van der Waals surface area contributed by atoms with E-state index in [9.17, 15) is 14.4 Å². The average molecular weight is 286 g/mol. The van der Waals surface area contributed by atoms with Crippen LogP contribution in [-0.4, -0.2) is 42.6 Å². The third-order valence-corrected chi connectivity index (χ3v) is 4.31. The number of ketones is 1. The van der Waals surface area contributed by atoms with Gasteiger partial charge in [0.1, 0.15) is 0 Å². The first-order valence-corrected chi connectivity index (χ1v) is 7.26. The minimum atomic E-state index is -0.322. The molecule has 0 aromatic heterocycles. The van der Waals surface area contributed by atoms with Gasteiger partial charge in [-0.25, -0.2) is 0 Å². The molecule has 1 saturated heterocycles. The van der Waals surface area contributed by atoms with E-state index >= 15 is 0 Å². The summed E-state index contributed by atoms with van der Waals surface area (Å²) >= 11 is 0. The van der Waals surface area contributed by atoms with Crippen molar-refractivity contribution in [3.8, 4) is 0 Å². The first-order valence-electron chi connectivity index (χ1n) is 7.26. The van der Waals surface area contributed by atoms with Crippen LogP contribution in [0.15, 0.2) is 18.2 Å². The van der Waals surface area contributed by atoms with Gasteiger partial charge in [0.2, 0.25) is 5.91 Å². The lowest BCUT2D eigenvalue weighted by molar-refractivity contribution is -0.127. The molecule has 0 spiro atoms. The van der Waals surface area contributed by atoms with Crippen LogP contribution in [0.2, 0.25) is 0 Å². The Bertz CT molecular complexity index is 618. The number of benzene rings is 1. The van der Waals surface area contributed by atoms with Crippen LogP contribution in [-0.2, 0) is 11.2 Å². The molecule has 0 aliphatic carbocycles. The molecule has 5 heteroatoms. The fourth-order valence-corrected chi connectivity index (χ4v) is 2.97. The van der Waals surface area contributed by atoms with Gasteiger partial charge < -0.3 is 5.32 Å². The zero-order valence-corrected chi connectivity index (χ0v) is 12.0. The fraction of sp³-hybridized carbons (Fsp3) is 0.438. The number of piperidine rings is 1. The molecule has 1 aromatic rings. The van der Waals surface area contributed by atoms with Crippen LogP contribution in [0.4, 0.5) is 0 Å². The minimum absolute atomic E-state index is 0.0187. The average Bonchev–Trinajstić information content (AvgIpc) is 2.53. The summed E-state index contributed by atoms with van der Waals surface area (Å²) in [6.07, 6.45) is 2.10. The van der Waals surface area contributed by atoms with Gasteiger partial charge in [-0.3, -0.25) is 19.3 Å². The van der Waals surface area contributed by atoms with Crippen LogP contribution in [0.25, 0.3) is 0 Å². The first-order chi connectivity index (χ1) is 10.1. The topological polar surface area (TPSA) is 66.5 Å². The van der Waals surface area contributed by atoms with Crippen molar-refractivity contribution in [2.45, 2.75) is 19.3 Å². The van der Waals surface area contributed by atoms with Gasteiger partial charge in [-0.05, 0) is 31.0 Å². The highest BCUT2D eigenvalue weighted by Gasteiger charge is 2.30. The normalized spacial score (nSPS) is 22.1. The molecule has 0 saturated carbocycles. The molecule has 2 amide bonds. The van der Waals surface area contributed by atoms with Crippen molar-refractivity contribution in [2.75, 3.05) is 20.1 Å². The van der Waals surface area contributed by atoms with Crippen LogP contribution >= 0.6 is 0 Å². The van der Waals surface area contributed by atoms with E-state index in [1.165, 1.54) is 7.05 Å². The molecular weight excluding hydrogens is 268 g/mol. The summed E-state index contributed by atoms with van der Waals surface area (Å²) in [4.78, 5) is 37.5. The molecule has 1 unspecified atom stereocenters. The Kier molecular flexibility index (Phi) is 3.59. The fourth-order valence-electron chi connectivity index (χ4n) is 2.97. The largest absolute Gasteiger partial charge is 0.316 e. The monoisotopic (exact) mass is 286 g/mol. The van der Waals surface area contributed by atoms with Crippen molar-refractivity contribution in [1.82, 2.24) is 10.2 Å². The summed E-state index contributed by atoms with van der Waals surface area (Å²) in [5.41, 5.74) is 1.76. The summed E-state index contributed by atoms with van der Waals surface area (Å²) in [5.74, 6) is -0.465. The molecule has 2 aliphatic heterocycles. The van der Waals surface area contributed by atoms with Gasteiger partial charge in [0.15, 0.2) is 5.78 Å². The number of imide groups is 1. The van der Waals surface area contributed by atoms with E-state index < -0.39 is 0 Å². The molecule has 3 rings (SSSR count). The summed E-state index contributed by atoms with van der Waals surface area (Å²) < 4.78 is 0. The van der Waals surface area contributed by atoms with E-state index in [1.807, 2.05) is 0 Å². The highest BCUT2D eigenvalue weighted by Crippen LogP contribution is 2.23. The number of nitrogens with one attached hydrogen (secondary N) is 1. The molecule has 0 radical (unpaired) electrons. The van der Waals surface area contributed by atoms with Gasteiger partial charge in [0.25, 0.3) is 5.91 Å². The van der Waals surface area contributed by atoms with Gasteiger partial charge in [0.05, 0.1) is 6.42 Å². The molecular formula is C16H18N2O3. The summed E-state index contributed by atoms with van der Waals surface area (Å²) in [7, 11) is 1.48. The van der Waals surface area contributed by atoms with Crippen molar-refractivity contribution in [3.63, 3.8) is 0 Å². The Balaban J connectivity index is 1.90. The molecule has 0 bridgehead atoms. The number of likely N-dealkylation sites (N-methyl/N-ethyl adjacent to an activating group) is 1. The maximum absolute atomic E-state index is 12.5. The number of hydrogen-bond acceptors (Lipinski definition) is 4. The third kappa shape index (κ3) is 2.49. The van der Waals surface area contributed by atoms with Crippen molar-refractivity contribution < 1.29 is 14.4 Å². The first kappa shape index (κ1) is 13.9. The number of rotatable bonds is 2. The van der Waals surface area contributed by atoms with Gasteiger partial charge in [0, 0.05) is 30.6 Å². The van der Waals surface area contributed by atoms with Crippen molar-refractivity contribution in [3.05, 3.63) is 34.9 Å². The zero-order chi connectivity index (χ0) is 15.0. The van der Waals surface area contributed by atoms with E-state index in [-0.39, 0.29) is 29.9 Å². The molecule has 2 aliphatic rings. The Hall–Kier alpha value is -2.01. The van der Waals surface area contributed by atoms with Gasteiger partial charge in [-0.1, -0.05) is 12.1 Å². The SMILES string of the molecule is CN1C(=O)Cc2ccc(C(=O)C3CCCNC3)cc2C1=O. The summed E-state index contributed by atoms with van der Waals surface area (Å²) in [6, 6.07) is 5.13. The second kappa shape index (κ2) is 5.41. The lowest BCUT2D eigenvalue weighted by atomic mass is 9.88. The van der Waals surface area contributed by atoms with E-state index in [4.69, 9.17) is 0 Å².